The Labute approximate surface area is 184 Å². The SMILES string of the molecule is CCn1nc(CCCOC(=O)C2CCN(C)CC2)c2c1C(=O)NCC1(CCOCC1)C2. The van der Waals surface area contributed by atoms with E-state index < -0.39 is 0 Å². The third-order valence-electron chi connectivity index (χ3n) is 7.23. The van der Waals surface area contributed by atoms with Gasteiger partial charge in [0, 0.05) is 31.9 Å². The van der Waals surface area contributed by atoms with Crippen LogP contribution in [0, 0.1) is 11.3 Å². The summed E-state index contributed by atoms with van der Waals surface area (Å²) in [6, 6.07) is 0. The molecule has 8 nitrogen and oxygen atoms in total. The van der Waals surface area contributed by atoms with Crippen molar-refractivity contribution in [2.24, 2.45) is 11.3 Å². The fraction of sp³-hybridized carbons (Fsp3) is 0.783. The molecule has 1 aromatic heterocycles. The summed E-state index contributed by atoms with van der Waals surface area (Å²) in [5.41, 5.74) is 2.83. The highest BCUT2D eigenvalue weighted by atomic mass is 16.5. The van der Waals surface area contributed by atoms with E-state index in [1.165, 1.54) is 0 Å². The number of fused-ring (bicyclic) bond motifs is 1. The molecular weight excluding hydrogens is 396 g/mol. The number of aryl methyl sites for hydroxylation is 2. The van der Waals surface area contributed by atoms with Gasteiger partial charge in [-0.05, 0) is 77.4 Å². The molecule has 4 heterocycles. The third-order valence-corrected chi connectivity index (χ3v) is 7.23. The van der Waals surface area contributed by atoms with Crippen molar-refractivity contribution in [2.75, 3.05) is 46.5 Å². The number of ether oxygens (including phenoxy) is 2. The zero-order valence-corrected chi connectivity index (χ0v) is 19.0. The Balaban J connectivity index is 1.40. The van der Waals surface area contributed by atoms with Gasteiger partial charge in [-0.3, -0.25) is 14.3 Å². The minimum atomic E-state index is -0.0634. The number of carbonyl (C=O) groups excluding carboxylic acids is 2. The molecular formula is C23H36N4O4. The second-order valence-corrected chi connectivity index (χ2v) is 9.41. The number of amides is 1. The van der Waals surface area contributed by atoms with E-state index in [2.05, 4.69) is 17.3 Å². The highest BCUT2D eigenvalue weighted by molar-refractivity contribution is 5.94. The van der Waals surface area contributed by atoms with Gasteiger partial charge in [-0.15, -0.1) is 0 Å². The van der Waals surface area contributed by atoms with Crippen molar-refractivity contribution in [1.29, 1.82) is 0 Å². The molecule has 1 amide bonds. The van der Waals surface area contributed by atoms with Gasteiger partial charge >= 0.3 is 5.97 Å². The van der Waals surface area contributed by atoms with E-state index in [1.807, 2.05) is 11.6 Å². The van der Waals surface area contributed by atoms with Gasteiger partial charge in [0.1, 0.15) is 5.69 Å². The number of nitrogens with zero attached hydrogens (tertiary/aromatic N) is 3. The number of nitrogens with one attached hydrogen (secondary N) is 1. The summed E-state index contributed by atoms with van der Waals surface area (Å²) < 4.78 is 13.0. The molecule has 2 saturated heterocycles. The van der Waals surface area contributed by atoms with Crippen molar-refractivity contribution in [2.45, 2.75) is 58.4 Å². The monoisotopic (exact) mass is 432 g/mol. The largest absolute Gasteiger partial charge is 0.465 e. The quantitative estimate of drug-likeness (QED) is 0.545. The fourth-order valence-corrected chi connectivity index (χ4v) is 5.14. The number of hydrogen-bond acceptors (Lipinski definition) is 6. The molecule has 1 spiro atoms. The molecule has 1 N–H and O–H groups in total. The molecule has 0 saturated carbocycles. The van der Waals surface area contributed by atoms with Gasteiger partial charge in [-0.2, -0.15) is 5.10 Å². The Hall–Kier alpha value is -1.93. The van der Waals surface area contributed by atoms with Gasteiger partial charge in [0.05, 0.1) is 18.2 Å². The fourth-order valence-electron chi connectivity index (χ4n) is 5.14. The molecule has 172 valence electrons. The summed E-state index contributed by atoms with van der Waals surface area (Å²) >= 11 is 0. The molecule has 0 radical (unpaired) electrons. The molecule has 8 heteroatoms. The summed E-state index contributed by atoms with van der Waals surface area (Å²) in [6.07, 6.45) is 5.97. The van der Waals surface area contributed by atoms with Gasteiger partial charge in [0.15, 0.2) is 0 Å². The average Bonchev–Trinajstić information content (AvgIpc) is 3.06. The van der Waals surface area contributed by atoms with E-state index in [4.69, 9.17) is 14.6 Å². The Morgan fingerprint density at radius 1 is 1.29 bits per heavy atom. The molecule has 0 unspecified atom stereocenters. The zero-order chi connectivity index (χ0) is 21.8. The molecule has 0 aliphatic carbocycles. The molecule has 1 aromatic rings. The first-order chi connectivity index (χ1) is 15.0. The second-order valence-electron chi connectivity index (χ2n) is 9.41. The van der Waals surface area contributed by atoms with E-state index in [0.29, 0.717) is 25.4 Å². The minimum absolute atomic E-state index is 0.0207. The summed E-state index contributed by atoms with van der Waals surface area (Å²) in [4.78, 5) is 27.5. The van der Waals surface area contributed by atoms with Crippen LogP contribution < -0.4 is 5.32 Å². The van der Waals surface area contributed by atoms with Gasteiger partial charge in [0.2, 0.25) is 0 Å². The van der Waals surface area contributed by atoms with Crippen molar-refractivity contribution in [3.05, 3.63) is 17.0 Å². The molecule has 2 fully saturated rings. The number of esters is 1. The van der Waals surface area contributed by atoms with Crippen LogP contribution in [0.2, 0.25) is 0 Å². The second kappa shape index (κ2) is 9.69. The molecule has 0 atom stereocenters. The lowest BCUT2D eigenvalue weighted by Gasteiger charge is -2.36. The van der Waals surface area contributed by atoms with Crippen LogP contribution in [0.3, 0.4) is 0 Å². The number of aromatic nitrogens is 2. The third kappa shape index (κ3) is 4.95. The lowest BCUT2D eigenvalue weighted by Crippen LogP contribution is -2.40. The van der Waals surface area contributed by atoms with E-state index >= 15 is 0 Å². The van der Waals surface area contributed by atoms with Crippen molar-refractivity contribution in [3.8, 4) is 0 Å². The number of hydrogen-bond donors (Lipinski definition) is 1. The first-order valence-electron chi connectivity index (χ1n) is 11.8. The van der Waals surface area contributed by atoms with Crippen LogP contribution in [0.5, 0.6) is 0 Å². The van der Waals surface area contributed by atoms with Crippen LogP contribution in [0.15, 0.2) is 0 Å². The van der Waals surface area contributed by atoms with Crippen LogP contribution in [0.1, 0.15) is 60.8 Å². The summed E-state index contributed by atoms with van der Waals surface area (Å²) in [7, 11) is 2.09. The summed E-state index contributed by atoms with van der Waals surface area (Å²) in [5.74, 6) is -0.0527. The smallest absolute Gasteiger partial charge is 0.309 e. The highest BCUT2D eigenvalue weighted by Gasteiger charge is 2.39. The Bertz CT molecular complexity index is 792. The number of carbonyl (C=O) groups is 2. The first kappa shape index (κ1) is 22.3. The number of rotatable bonds is 6. The van der Waals surface area contributed by atoms with Crippen LogP contribution in [0.25, 0.3) is 0 Å². The van der Waals surface area contributed by atoms with Crippen molar-refractivity contribution < 1.29 is 19.1 Å². The van der Waals surface area contributed by atoms with E-state index in [0.717, 1.165) is 82.5 Å². The lowest BCUT2D eigenvalue weighted by molar-refractivity contribution is -0.150. The molecule has 3 aliphatic rings. The van der Waals surface area contributed by atoms with Crippen LogP contribution in [-0.2, 0) is 33.7 Å². The summed E-state index contributed by atoms with van der Waals surface area (Å²) in [5, 5.41) is 7.92. The van der Waals surface area contributed by atoms with Crippen LogP contribution >= 0.6 is 0 Å². The normalized spacial score (nSPS) is 22.1. The van der Waals surface area contributed by atoms with Crippen LogP contribution in [-0.4, -0.2) is 73.1 Å². The number of piperidine rings is 1. The molecule has 0 aromatic carbocycles. The summed E-state index contributed by atoms with van der Waals surface area (Å²) in [6.45, 7) is 7.18. The van der Waals surface area contributed by atoms with Crippen molar-refractivity contribution >= 4 is 11.9 Å². The van der Waals surface area contributed by atoms with Gasteiger partial charge in [-0.25, -0.2) is 0 Å². The molecule has 4 rings (SSSR count). The average molecular weight is 433 g/mol. The van der Waals surface area contributed by atoms with Gasteiger partial charge in [0.25, 0.3) is 5.91 Å². The maximum Gasteiger partial charge on any atom is 0.309 e. The maximum absolute atomic E-state index is 12.9. The van der Waals surface area contributed by atoms with Crippen LogP contribution in [0.4, 0.5) is 0 Å². The standard InChI is InChI=1S/C23H36N4O4/c1-3-27-20-18(15-23(16-24-21(20)28)8-13-30-14-9-23)19(25-27)5-4-12-31-22(29)17-6-10-26(2)11-7-17/h17H,3-16H2,1-2H3,(H,24,28). The van der Waals surface area contributed by atoms with Gasteiger partial charge < -0.3 is 19.7 Å². The van der Waals surface area contributed by atoms with E-state index in [-0.39, 0.29) is 23.2 Å². The predicted molar refractivity (Wildman–Crippen MR) is 116 cm³/mol. The van der Waals surface area contributed by atoms with Crippen molar-refractivity contribution in [1.82, 2.24) is 20.0 Å². The molecule has 0 bridgehead atoms. The van der Waals surface area contributed by atoms with E-state index in [1.54, 1.807) is 0 Å². The Kier molecular flexibility index (Phi) is 6.96. The Morgan fingerprint density at radius 3 is 2.74 bits per heavy atom. The predicted octanol–water partition coefficient (Wildman–Crippen LogP) is 1.80. The minimum Gasteiger partial charge on any atom is -0.465 e. The zero-order valence-electron chi connectivity index (χ0n) is 19.0. The molecule has 3 aliphatic heterocycles. The highest BCUT2D eigenvalue weighted by Crippen LogP contribution is 2.37. The van der Waals surface area contributed by atoms with E-state index in [9.17, 15) is 9.59 Å². The number of likely N-dealkylation sites (tertiary alicyclic amines) is 1. The van der Waals surface area contributed by atoms with Crippen molar-refractivity contribution in [3.63, 3.8) is 0 Å². The van der Waals surface area contributed by atoms with Gasteiger partial charge in [-0.1, -0.05) is 0 Å². The first-order valence-corrected chi connectivity index (χ1v) is 11.8. The lowest BCUT2D eigenvalue weighted by atomic mass is 9.75. The Morgan fingerprint density at radius 2 is 2.03 bits per heavy atom. The topological polar surface area (TPSA) is 85.7 Å². The maximum atomic E-state index is 12.9. The molecule has 31 heavy (non-hydrogen) atoms.